The van der Waals surface area contributed by atoms with Crippen LogP contribution in [0.2, 0.25) is 0 Å². The second kappa shape index (κ2) is 6.34. The first-order valence-electron chi connectivity index (χ1n) is 6.40. The summed E-state index contributed by atoms with van der Waals surface area (Å²) in [6.45, 7) is 2.98. The van der Waals surface area contributed by atoms with Gasteiger partial charge in [-0.1, -0.05) is 43.4 Å². The zero-order valence-electron chi connectivity index (χ0n) is 11.0. The lowest BCUT2D eigenvalue weighted by atomic mass is 10.1. The van der Waals surface area contributed by atoms with E-state index in [1.54, 1.807) is 0 Å². The van der Waals surface area contributed by atoms with Crippen LogP contribution in [-0.4, -0.2) is 4.99 Å². The normalized spacial score (nSPS) is 10.2. The van der Waals surface area contributed by atoms with E-state index < -0.39 is 0 Å². The molecule has 0 bridgehead atoms. The van der Waals surface area contributed by atoms with Crippen molar-refractivity contribution in [2.24, 2.45) is 5.73 Å². The molecule has 0 amide bonds. The molecule has 0 spiro atoms. The average molecular weight is 270 g/mol. The van der Waals surface area contributed by atoms with E-state index in [1.165, 1.54) is 11.1 Å². The van der Waals surface area contributed by atoms with Gasteiger partial charge in [-0.25, -0.2) is 0 Å². The Kier molecular flexibility index (Phi) is 4.53. The summed E-state index contributed by atoms with van der Waals surface area (Å²) in [4.78, 5) is 0.432. The van der Waals surface area contributed by atoms with Crippen molar-refractivity contribution < 1.29 is 0 Å². The smallest absolute Gasteiger partial charge is 0.103 e. The van der Waals surface area contributed by atoms with E-state index in [0.29, 0.717) is 4.99 Å². The Labute approximate surface area is 119 Å². The summed E-state index contributed by atoms with van der Waals surface area (Å²) in [5.74, 6) is 0. The molecule has 19 heavy (non-hydrogen) atoms. The lowest BCUT2D eigenvalue weighted by molar-refractivity contribution is 1.11. The molecule has 2 aromatic rings. The first-order chi connectivity index (χ1) is 9.19. The van der Waals surface area contributed by atoms with Crippen molar-refractivity contribution in [1.29, 1.82) is 0 Å². The largest absolute Gasteiger partial charge is 0.389 e. The van der Waals surface area contributed by atoms with Crippen molar-refractivity contribution in [1.82, 2.24) is 0 Å². The first-order valence-corrected chi connectivity index (χ1v) is 6.81. The molecule has 0 heterocycles. The van der Waals surface area contributed by atoms with E-state index in [2.05, 4.69) is 36.5 Å². The van der Waals surface area contributed by atoms with Gasteiger partial charge >= 0.3 is 0 Å². The Morgan fingerprint density at radius 2 is 1.58 bits per heavy atom. The summed E-state index contributed by atoms with van der Waals surface area (Å²) < 4.78 is 0. The fourth-order valence-electron chi connectivity index (χ4n) is 1.85. The molecule has 0 saturated heterocycles. The third-order valence-electron chi connectivity index (χ3n) is 3.10. The van der Waals surface area contributed by atoms with Gasteiger partial charge in [0.25, 0.3) is 0 Å². The summed E-state index contributed by atoms with van der Waals surface area (Å²) in [6.07, 6.45) is 1.08. The van der Waals surface area contributed by atoms with Gasteiger partial charge in [0.15, 0.2) is 0 Å². The molecule has 0 aliphatic rings. The maximum absolute atomic E-state index is 5.57. The molecule has 2 nitrogen and oxygen atoms in total. The molecule has 0 radical (unpaired) electrons. The van der Waals surface area contributed by atoms with E-state index in [0.717, 1.165) is 24.2 Å². The van der Waals surface area contributed by atoms with Gasteiger partial charge in [0.05, 0.1) is 0 Å². The summed E-state index contributed by atoms with van der Waals surface area (Å²) in [6, 6.07) is 16.5. The van der Waals surface area contributed by atoms with Gasteiger partial charge in [-0.3, -0.25) is 0 Å². The Morgan fingerprint density at radius 1 is 1.00 bits per heavy atom. The fraction of sp³-hybridized carbons (Fsp3) is 0.188. The SMILES string of the molecule is CCc1ccc(CNc2ccc(C(N)=S)cc2)cc1. The van der Waals surface area contributed by atoms with Gasteiger partial charge in [-0.05, 0) is 41.8 Å². The molecule has 0 atom stereocenters. The van der Waals surface area contributed by atoms with Crippen molar-refractivity contribution in [2.75, 3.05) is 5.32 Å². The van der Waals surface area contributed by atoms with Crippen molar-refractivity contribution in [3.8, 4) is 0 Å². The molecule has 2 rings (SSSR count). The first kappa shape index (κ1) is 13.6. The lowest BCUT2D eigenvalue weighted by Crippen LogP contribution is -2.09. The molecule has 2 aromatic carbocycles. The minimum absolute atomic E-state index is 0.432. The van der Waals surface area contributed by atoms with E-state index in [-0.39, 0.29) is 0 Å². The predicted octanol–water partition coefficient (Wildman–Crippen LogP) is 3.50. The number of hydrogen-bond donors (Lipinski definition) is 2. The molecule has 0 aliphatic carbocycles. The summed E-state index contributed by atoms with van der Waals surface area (Å²) in [5, 5.41) is 3.38. The highest BCUT2D eigenvalue weighted by molar-refractivity contribution is 7.80. The van der Waals surface area contributed by atoms with Crippen LogP contribution in [-0.2, 0) is 13.0 Å². The highest BCUT2D eigenvalue weighted by Gasteiger charge is 1.97. The Morgan fingerprint density at radius 3 is 2.11 bits per heavy atom. The van der Waals surface area contributed by atoms with Gasteiger partial charge in [-0.15, -0.1) is 0 Å². The van der Waals surface area contributed by atoms with Gasteiger partial charge in [0.2, 0.25) is 0 Å². The highest BCUT2D eigenvalue weighted by atomic mass is 32.1. The van der Waals surface area contributed by atoms with E-state index >= 15 is 0 Å². The van der Waals surface area contributed by atoms with Gasteiger partial charge in [0.1, 0.15) is 4.99 Å². The number of thiocarbonyl (C=S) groups is 1. The highest BCUT2D eigenvalue weighted by Crippen LogP contribution is 2.12. The molecule has 0 unspecified atom stereocenters. The topological polar surface area (TPSA) is 38.0 Å². The van der Waals surface area contributed by atoms with Crippen molar-refractivity contribution in [2.45, 2.75) is 19.9 Å². The summed E-state index contributed by atoms with van der Waals surface area (Å²) in [5.41, 5.74) is 10.2. The molecule has 0 aliphatic heterocycles. The monoisotopic (exact) mass is 270 g/mol. The molecule has 3 N–H and O–H groups in total. The molecular weight excluding hydrogens is 252 g/mol. The minimum Gasteiger partial charge on any atom is -0.389 e. The summed E-state index contributed by atoms with van der Waals surface area (Å²) >= 11 is 4.93. The number of rotatable bonds is 5. The molecular formula is C16H18N2S. The van der Waals surface area contributed by atoms with E-state index in [1.807, 2.05) is 24.3 Å². The molecule has 0 saturated carbocycles. The molecule has 3 heteroatoms. The van der Waals surface area contributed by atoms with E-state index in [4.69, 9.17) is 18.0 Å². The fourth-order valence-corrected chi connectivity index (χ4v) is 1.99. The zero-order valence-corrected chi connectivity index (χ0v) is 11.8. The standard InChI is InChI=1S/C16H18N2S/c1-2-12-3-5-13(6-4-12)11-18-15-9-7-14(8-10-15)16(17)19/h3-10,18H,2,11H2,1H3,(H2,17,19). The maximum atomic E-state index is 5.57. The van der Waals surface area contributed by atoms with Gasteiger partial charge in [0, 0.05) is 17.8 Å². The van der Waals surface area contributed by atoms with Crippen molar-refractivity contribution >= 4 is 22.9 Å². The number of anilines is 1. The van der Waals surface area contributed by atoms with Crippen molar-refractivity contribution in [3.63, 3.8) is 0 Å². The van der Waals surface area contributed by atoms with Crippen molar-refractivity contribution in [3.05, 3.63) is 65.2 Å². The number of nitrogens with one attached hydrogen (secondary N) is 1. The van der Waals surface area contributed by atoms with Gasteiger partial charge < -0.3 is 11.1 Å². The van der Waals surface area contributed by atoms with Gasteiger partial charge in [-0.2, -0.15) is 0 Å². The number of hydrogen-bond acceptors (Lipinski definition) is 2. The molecule has 0 aromatic heterocycles. The van der Waals surface area contributed by atoms with Crippen LogP contribution < -0.4 is 11.1 Å². The number of nitrogens with two attached hydrogens (primary N) is 1. The van der Waals surface area contributed by atoms with Crippen LogP contribution in [0.4, 0.5) is 5.69 Å². The van der Waals surface area contributed by atoms with Crippen LogP contribution in [0.3, 0.4) is 0 Å². The molecule has 98 valence electrons. The quantitative estimate of drug-likeness (QED) is 0.817. The van der Waals surface area contributed by atoms with Crippen LogP contribution in [0.15, 0.2) is 48.5 Å². The Hall–Kier alpha value is -1.87. The predicted molar refractivity (Wildman–Crippen MR) is 85.5 cm³/mol. The van der Waals surface area contributed by atoms with E-state index in [9.17, 15) is 0 Å². The second-order valence-corrected chi connectivity index (χ2v) is 4.91. The van der Waals surface area contributed by atoms with Crippen LogP contribution >= 0.6 is 12.2 Å². The number of aryl methyl sites for hydroxylation is 1. The van der Waals surface area contributed by atoms with Crippen LogP contribution in [0, 0.1) is 0 Å². The minimum atomic E-state index is 0.432. The van der Waals surface area contributed by atoms with Crippen LogP contribution in [0.25, 0.3) is 0 Å². The average Bonchev–Trinajstić information content (AvgIpc) is 2.46. The third kappa shape index (κ3) is 3.80. The van der Waals surface area contributed by atoms with Crippen LogP contribution in [0.1, 0.15) is 23.6 Å². The zero-order chi connectivity index (χ0) is 13.7. The molecule has 0 fully saturated rings. The lowest BCUT2D eigenvalue weighted by Gasteiger charge is -2.08. The Bertz CT molecular complexity index is 544. The maximum Gasteiger partial charge on any atom is 0.103 e. The summed E-state index contributed by atoms with van der Waals surface area (Å²) in [7, 11) is 0. The number of benzene rings is 2. The Balaban J connectivity index is 1.95. The third-order valence-corrected chi connectivity index (χ3v) is 3.33. The second-order valence-electron chi connectivity index (χ2n) is 4.47. The van der Waals surface area contributed by atoms with Crippen LogP contribution in [0.5, 0.6) is 0 Å².